The fraction of sp³-hybridized carbons (Fsp3) is 0.400. The minimum Gasteiger partial charge on any atom is -0.481 e. The molecule has 0 unspecified atom stereocenters. The zero-order valence-electron chi connectivity index (χ0n) is 11.1. The zero-order chi connectivity index (χ0) is 14.5. The second-order valence-corrected chi connectivity index (χ2v) is 4.94. The number of carbonyl (C=O) groups excluding carboxylic acids is 2. The number of rotatable bonds is 5. The van der Waals surface area contributed by atoms with Gasteiger partial charge in [0.1, 0.15) is 0 Å². The number of fused-ring (bicyclic) bond motifs is 1. The molecule has 2 N–H and O–H groups in total. The quantitative estimate of drug-likeness (QED) is 0.808. The highest BCUT2D eigenvalue weighted by Crippen LogP contribution is 2.24. The maximum absolute atomic E-state index is 12.0. The van der Waals surface area contributed by atoms with Gasteiger partial charge in [-0.15, -0.1) is 0 Å². The first-order valence-electron chi connectivity index (χ1n) is 6.74. The molecule has 1 heterocycles. The third kappa shape index (κ3) is 3.66. The number of carbonyl (C=O) groups is 3. The first kappa shape index (κ1) is 14.2. The Morgan fingerprint density at radius 2 is 2.00 bits per heavy atom. The molecule has 0 aromatic heterocycles. The molecular formula is C15H17NO4. The molecule has 20 heavy (non-hydrogen) atoms. The lowest BCUT2D eigenvalue weighted by molar-refractivity contribution is -0.137. The molecule has 1 aliphatic heterocycles. The maximum atomic E-state index is 12.0. The zero-order valence-corrected chi connectivity index (χ0v) is 11.1. The summed E-state index contributed by atoms with van der Waals surface area (Å²) in [5.74, 6) is -0.934. The lowest BCUT2D eigenvalue weighted by Gasteiger charge is -2.08. The largest absolute Gasteiger partial charge is 0.481 e. The lowest BCUT2D eigenvalue weighted by Crippen LogP contribution is -2.09. The van der Waals surface area contributed by atoms with Gasteiger partial charge in [0, 0.05) is 30.5 Å². The van der Waals surface area contributed by atoms with Crippen LogP contribution in [0, 0.1) is 0 Å². The summed E-state index contributed by atoms with van der Waals surface area (Å²) in [6.45, 7) is 0. The molecule has 0 saturated carbocycles. The molecule has 0 radical (unpaired) electrons. The van der Waals surface area contributed by atoms with Crippen molar-refractivity contribution in [3.63, 3.8) is 0 Å². The van der Waals surface area contributed by atoms with Crippen molar-refractivity contribution in [3.05, 3.63) is 29.3 Å². The van der Waals surface area contributed by atoms with Gasteiger partial charge in [-0.1, -0.05) is 0 Å². The van der Waals surface area contributed by atoms with Gasteiger partial charge in [-0.05, 0) is 43.0 Å². The van der Waals surface area contributed by atoms with Gasteiger partial charge >= 0.3 is 5.97 Å². The predicted molar refractivity (Wildman–Crippen MR) is 73.8 cm³/mol. The van der Waals surface area contributed by atoms with Gasteiger partial charge in [0.25, 0.3) is 0 Å². The average molecular weight is 275 g/mol. The molecule has 0 fully saturated rings. The van der Waals surface area contributed by atoms with Crippen LogP contribution in [0.5, 0.6) is 0 Å². The summed E-state index contributed by atoms with van der Waals surface area (Å²) in [6, 6.07) is 5.25. The molecule has 0 atom stereocenters. The van der Waals surface area contributed by atoms with Gasteiger partial charge < -0.3 is 10.4 Å². The SMILES string of the molecule is O=C(O)CCCC(=O)c1ccc2c(c1)CCCC(=O)N2. The van der Waals surface area contributed by atoms with Gasteiger partial charge in [0.2, 0.25) is 5.91 Å². The summed E-state index contributed by atoms with van der Waals surface area (Å²) < 4.78 is 0. The average Bonchev–Trinajstić information content (AvgIpc) is 2.57. The van der Waals surface area contributed by atoms with Gasteiger partial charge in [0.05, 0.1) is 0 Å². The minimum atomic E-state index is -0.887. The van der Waals surface area contributed by atoms with E-state index in [1.807, 2.05) is 6.07 Å². The van der Waals surface area contributed by atoms with Crippen LogP contribution in [-0.4, -0.2) is 22.8 Å². The fourth-order valence-electron chi connectivity index (χ4n) is 2.29. The van der Waals surface area contributed by atoms with Crippen molar-refractivity contribution in [2.75, 3.05) is 5.32 Å². The number of carboxylic acid groups (broad SMARTS) is 1. The normalized spacial score (nSPS) is 14.1. The van der Waals surface area contributed by atoms with E-state index < -0.39 is 5.97 Å². The van der Waals surface area contributed by atoms with Gasteiger partial charge in [0.15, 0.2) is 5.78 Å². The highest BCUT2D eigenvalue weighted by atomic mass is 16.4. The molecule has 1 aromatic carbocycles. The molecule has 1 amide bonds. The number of anilines is 1. The highest BCUT2D eigenvalue weighted by Gasteiger charge is 2.15. The Hall–Kier alpha value is -2.17. The molecule has 0 bridgehead atoms. The minimum absolute atomic E-state index is 0.00397. The molecule has 0 aliphatic carbocycles. The van der Waals surface area contributed by atoms with Crippen molar-refractivity contribution < 1.29 is 19.5 Å². The highest BCUT2D eigenvalue weighted by molar-refractivity contribution is 5.98. The van der Waals surface area contributed by atoms with E-state index in [1.165, 1.54) is 0 Å². The van der Waals surface area contributed by atoms with Crippen molar-refractivity contribution in [1.82, 2.24) is 0 Å². The van der Waals surface area contributed by atoms with E-state index in [9.17, 15) is 14.4 Å². The number of aryl methyl sites for hydroxylation is 1. The Balaban J connectivity index is 2.06. The molecule has 106 valence electrons. The summed E-state index contributed by atoms with van der Waals surface area (Å²) in [7, 11) is 0. The van der Waals surface area contributed by atoms with Crippen molar-refractivity contribution in [2.24, 2.45) is 0 Å². The fourth-order valence-corrected chi connectivity index (χ4v) is 2.29. The number of Topliss-reactive ketones (excluding diaryl/α,β-unsaturated/α-hetero) is 1. The van der Waals surface area contributed by atoms with Crippen LogP contribution in [0.2, 0.25) is 0 Å². The van der Waals surface area contributed by atoms with Gasteiger partial charge in [-0.25, -0.2) is 0 Å². The Labute approximate surface area is 117 Å². The smallest absolute Gasteiger partial charge is 0.303 e. The molecule has 0 saturated heterocycles. The Morgan fingerprint density at radius 3 is 2.75 bits per heavy atom. The third-order valence-corrected chi connectivity index (χ3v) is 3.35. The van der Waals surface area contributed by atoms with E-state index in [-0.39, 0.29) is 24.5 Å². The van der Waals surface area contributed by atoms with E-state index in [4.69, 9.17) is 5.11 Å². The van der Waals surface area contributed by atoms with Crippen molar-refractivity contribution >= 4 is 23.3 Å². The van der Waals surface area contributed by atoms with Crippen LogP contribution < -0.4 is 5.32 Å². The van der Waals surface area contributed by atoms with Gasteiger partial charge in [-0.2, -0.15) is 0 Å². The monoisotopic (exact) mass is 275 g/mol. The first-order valence-corrected chi connectivity index (χ1v) is 6.74. The second-order valence-electron chi connectivity index (χ2n) is 4.94. The predicted octanol–water partition coefficient (Wildman–Crippen LogP) is 2.40. The number of hydrogen-bond donors (Lipinski definition) is 2. The number of amides is 1. The van der Waals surface area contributed by atoms with E-state index >= 15 is 0 Å². The number of hydrogen-bond acceptors (Lipinski definition) is 3. The standard InChI is InChI=1S/C15H17NO4/c17-13(4-2-6-15(19)20)11-7-8-12-10(9-11)3-1-5-14(18)16-12/h7-9H,1-6H2,(H,16,18)(H,19,20). The van der Waals surface area contributed by atoms with Crippen LogP contribution in [0.25, 0.3) is 0 Å². The van der Waals surface area contributed by atoms with E-state index in [2.05, 4.69) is 5.32 Å². The molecule has 5 heteroatoms. The topological polar surface area (TPSA) is 83.5 Å². The summed E-state index contributed by atoms with van der Waals surface area (Å²) in [5.41, 5.74) is 2.33. The summed E-state index contributed by atoms with van der Waals surface area (Å²) in [6.07, 6.45) is 2.63. The van der Waals surface area contributed by atoms with Crippen molar-refractivity contribution in [1.29, 1.82) is 0 Å². The molecule has 5 nitrogen and oxygen atoms in total. The number of benzene rings is 1. The van der Waals surface area contributed by atoms with Crippen LogP contribution in [0.3, 0.4) is 0 Å². The summed E-state index contributed by atoms with van der Waals surface area (Å²) in [4.78, 5) is 33.8. The van der Waals surface area contributed by atoms with E-state index in [0.29, 0.717) is 18.4 Å². The Morgan fingerprint density at radius 1 is 1.20 bits per heavy atom. The van der Waals surface area contributed by atoms with E-state index in [1.54, 1.807) is 12.1 Å². The van der Waals surface area contributed by atoms with Crippen LogP contribution in [0.4, 0.5) is 5.69 Å². The maximum Gasteiger partial charge on any atom is 0.303 e. The summed E-state index contributed by atoms with van der Waals surface area (Å²) >= 11 is 0. The molecule has 1 aromatic rings. The van der Waals surface area contributed by atoms with Crippen LogP contribution in [0.1, 0.15) is 48.0 Å². The number of nitrogens with one attached hydrogen (secondary N) is 1. The molecule has 2 rings (SSSR count). The number of aliphatic carboxylic acids is 1. The Kier molecular flexibility index (Phi) is 4.50. The molecule has 1 aliphatic rings. The van der Waals surface area contributed by atoms with E-state index in [0.717, 1.165) is 24.1 Å². The third-order valence-electron chi connectivity index (χ3n) is 3.35. The van der Waals surface area contributed by atoms with Gasteiger partial charge in [-0.3, -0.25) is 14.4 Å². The van der Waals surface area contributed by atoms with Crippen molar-refractivity contribution in [3.8, 4) is 0 Å². The second kappa shape index (κ2) is 6.32. The van der Waals surface area contributed by atoms with Crippen LogP contribution >= 0.6 is 0 Å². The van der Waals surface area contributed by atoms with Crippen LogP contribution in [-0.2, 0) is 16.0 Å². The summed E-state index contributed by atoms with van der Waals surface area (Å²) in [5, 5.41) is 11.4. The van der Waals surface area contributed by atoms with Crippen molar-refractivity contribution in [2.45, 2.75) is 38.5 Å². The lowest BCUT2D eigenvalue weighted by atomic mass is 10.00. The molecule has 0 spiro atoms. The Bertz CT molecular complexity index is 551. The van der Waals surface area contributed by atoms with Crippen LogP contribution in [0.15, 0.2) is 18.2 Å². The number of ketones is 1. The molecular weight excluding hydrogens is 258 g/mol. The first-order chi connectivity index (χ1) is 9.56. The number of carboxylic acids is 1.